The number of carbonyl (C=O) groups is 1. The van der Waals surface area contributed by atoms with Gasteiger partial charge in [-0.3, -0.25) is 4.79 Å². The Kier molecular flexibility index (Phi) is 6.56. The SMILES string of the molecule is COC(=O)C(C(C)C)C(NS(=O)(=O)c1ccc(C)cc1)c1ccccc1. The van der Waals surface area contributed by atoms with Crippen LogP contribution in [0.1, 0.15) is 31.0 Å². The number of aryl methyl sites for hydroxylation is 1. The summed E-state index contributed by atoms with van der Waals surface area (Å²) < 4.78 is 33.5. The van der Waals surface area contributed by atoms with Crippen LogP contribution in [-0.2, 0) is 19.6 Å². The quantitative estimate of drug-likeness (QED) is 0.752. The van der Waals surface area contributed by atoms with E-state index in [1.807, 2.05) is 39.0 Å². The van der Waals surface area contributed by atoms with Crippen molar-refractivity contribution in [3.05, 3.63) is 65.7 Å². The molecule has 2 unspecified atom stereocenters. The van der Waals surface area contributed by atoms with Crippen molar-refractivity contribution in [2.75, 3.05) is 7.11 Å². The van der Waals surface area contributed by atoms with E-state index in [9.17, 15) is 13.2 Å². The minimum Gasteiger partial charge on any atom is -0.469 e. The van der Waals surface area contributed by atoms with Crippen molar-refractivity contribution in [1.82, 2.24) is 4.72 Å². The molecule has 2 atom stereocenters. The lowest BCUT2D eigenvalue weighted by Crippen LogP contribution is -2.39. The number of nitrogens with one attached hydrogen (secondary N) is 1. The highest BCUT2D eigenvalue weighted by Gasteiger charge is 2.36. The third kappa shape index (κ3) is 4.71. The van der Waals surface area contributed by atoms with Crippen molar-refractivity contribution < 1.29 is 17.9 Å². The number of ether oxygens (including phenoxy) is 1. The molecule has 0 aromatic heterocycles. The van der Waals surface area contributed by atoms with Gasteiger partial charge in [0.15, 0.2) is 0 Å². The molecule has 6 heteroatoms. The standard InChI is InChI=1S/C20H25NO4S/c1-14(2)18(20(22)25-4)19(16-8-6-5-7-9-16)21-26(23,24)17-12-10-15(3)11-13-17/h5-14,18-19,21H,1-4H3. The maximum atomic E-state index is 12.9. The fraction of sp³-hybridized carbons (Fsp3) is 0.350. The molecule has 2 aromatic carbocycles. The Balaban J connectivity index is 2.47. The van der Waals surface area contributed by atoms with E-state index in [0.29, 0.717) is 5.56 Å². The number of methoxy groups -OCH3 is 1. The highest BCUT2D eigenvalue weighted by molar-refractivity contribution is 7.89. The minimum absolute atomic E-state index is 0.117. The molecule has 0 aliphatic heterocycles. The largest absolute Gasteiger partial charge is 0.469 e. The summed E-state index contributed by atoms with van der Waals surface area (Å²) in [4.78, 5) is 12.5. The summed E-state index contributed by atoms with van der Waals surface area (Å²) >= 11 is 0. The summed E-state index contributed by atoms with van der Waals surface area (Å²) in [5.41, 5.74) is 1.69. The predicted molar refractivity (Wildman–Crippen MR) is 101 cm³/mol. The average Bonchev–Trinajstić information content (AvgIpc) is 2.61. The van der Waals surface area contributed by atoms with E-state index in [2.05, 4.69) is 4.72 Å². The molecule has 5 nitrogen and oxygen atoms in total. The Hall–Kier alpha value is -2.18. The van der Waals surface area contributed by atoms with Gasteiger partial charge in [-0.15, -0.1) is 0 Å². The van der Waals surface area contributed by atoms with Gasteiger partial charge in [0.05, 0.1) is 24.0 Å². The van der Waals surface area contributed by atoms with Crippen LogP contribution in [0.4, 0.5) is 0 Å². The van der Waals surface area contributed by atoms with Crippen LogP contribution in [0.2, 0.25) is 0 Å². The van der Waals surface area contributed by atoms with Gasteiger partial charge < -0.3 is 4.74 Å². The Labute approximate surface area is 155 Å². The van der Waals surface area contributed by atoms with Crippen molar-refractivity contribution in [2.45, 2.75) is 31.7 Å². The molecule has 0 aliphatic carbocycles. The topological polar surface area (TPSA) is 72.5 Å². The summed E-state index contributed by atoms with van der Waals surface area (Å²) in [5, 5.41) is 0. The molecule has 0 aliphatic rings. The van der Waals surface area contributed by atoms with Crippen LogP contribution in [0, 0.1) is 18.8 Å². The zero-order valence-electron chi connectivity index (χ0n) is 15.5. The van der Waals surface area contributed by atoms with Crippen molar-refractivity contribution in [3.63, 3.8) is 0 Å². The van der Waals surface area contributed by atoms with Crippen LogP contribution >= 0.6 is 0 Å². The van der Waals surface area contributed by atoms with Gasteiger partial charge in [0.2, 0.25) is 10.0 Å². The molecule has 0 saturated carbocycles. The maximum Gasteiger partial charge on any atom is 0.310 e. The normalized spacial score (nSPS) is 14.0. The van der Waals surface area contributed by atoms with E-state index in [4.69, 9.17) is 4.74 Å². The molecule has 0 saturated heterocycles. The van der Waals surface area contributed by atoms with Gasteiger partial charge in [-0.05, 0) is 30.5 Å². The number of esters is 1. The fourth-order valence-electron chi connectivity index (χ4n) is 2.89. The smallest absolute Gasteiger partial charge is 0.310 e. The first-order chi connectivity index (χ1) is 12.3. The van der Waals surface area contributed by atoms with Gasteiger partial charge in [0.1, 0.15) is 0 Å². The number of sulfonamides is 1. The van der Waals surface area contributed by atoms with Crippen molar-refractivity contribution >= 4 is 16.0 Å². The van der Waals surface area contributed by atoms with E-state index in [1.165, 1.54) is 7.11 Å². The van der Waals surface area contributed by atoms with Crippen LogP contribution in [0.25, 0.3) is 0 Å². The molecule has 26 heavy (non-hydrogen) atoms. The molecule has 0 bridgehead atoms. The van der Waals surface area contributed by atoms with Crippen molar-refractivity contribution in [2.24, 2.45) is 11.8 Å². The second kappa shape index (κ2) is 8.47. The monoisotopic (exact) mass is 375 g/mol. The van der Waals surface area contributed by atoms with E-state index in [0.717, 1.165) is 5.56 Å². The molecule has 0 fully saturated rings. The molecule has 0 heterocycles. The number of rotatable bonds is 7. The van der Waals surface area contributed by atoms with E-state index in [-0.39, 0.29) is 10.8 Å². The van der Waals surface area contributed by atoms with Gasteiger partial charge in [0.25, 0.3) is 0 Å². The minimum atomic E-state index is -3.80. The lowest BCUT2D eigenvalue weighted by molar-refractivity contribution is -0.148. The average molecular weight is 375 g/mol. The molecule has 0 spiro atoms. The van der Waals surface area contributed by atoms with E-state index in [1.54, 1.807) is 36.4 Å². The first-order valence-corrected chi connectivity index (χ1v) is 9.96. The highest BCUT2D eigenvalue weighted by Crippen LogP contribution is 2.31. The van der Waals surface area contributed by atoms with Crippen LogP contribution < -0.4 is 4.72 Å². The number of hydrogen-bond donors (Lipinski definition) is 1. The summed E-state index contributed by atoms with van der Waals surface area (Å²) in [5.74, 6) is -1.21. The lowest BCUT2D eigenvalue weighted by Gasteiger charge is -2.29. The second-order valence-electron chi connectivity index (χ2n) is 6.62. The molecular weight excluding hydrogens is 350 g/mol. The summed E-state index contributed by atoms with van der Waals surface area (Å²) in [6.45, 7) is 5.64. The number of carbonyl (C=O) groups excluding carboxylic acids is 1. The Morgan fingerprint density at radius 3 is 2.08 bits per heavy atom. The summed E-state index contributed by atoms with van der Waals surface area (Å²) in [6, 6.07) is 15.0. The Morgan fingerprint density at radius 2 is 1.58 bits per heavy atom. The van der Waals surface area contributed by atoms with Gasteiger partial charge >= 0.3 is 5.97 Å². The lowest BCUT2D eigenvalue weighted by atomic mass is 9.85. The summed E-state index contributed by atoms with van der Waals surface area (Å²) in [6.07, 6.45) is 0. The van der Waals surface area contributed by atoms with Gasteiger partial charge in [-0.1, -0.05) is 61.9 Å². The van der Waals surface area contributed by atoms with Crippen LogP contribution in [0.3, 0.4) is 0 Å². The molecule has 0 amide bonds. The molecule has 2 rings (SSSR count). The predicted octanol–water partition coefficient (Wildman–Crippen LogP) is 3.46. The van der Waals surface area contributed by atoms with Gasteiger partial charge in [0, 0.05) is 0 Å². The zero-order valence-corrected chi connectivity index (χ0v) is 16.3. The van der Waals surface area contributed by atoms with E-state index < -0.39 is 28.0 Å². The van der Waals surface area contributed by atoms with Crippen molar-refractivity contribution in [3.8, 4) is 0 Å². The van der Waals surface area contributed by atoms with Crippen LogP contribution in [0.5, 0.6) is 0 Å². The van der Waals surface area contributed by atoms with E-state index >= 15 is 0 Å². The third-order valence-corrected chi connectivity index (χ3v) is 5.78. The van der Waals surface area contributed by atoms with Crippen LogP contribution in [-0.4, -0.2) is 21.5 Å². The fourth-order valence-corrected chi connectivity index (χ4v) is 4.14. The van der Waals surface area contributed by atoms with Crippen LogP contribution in [0.15, 0.2) is 59.5 Å². The maximum absolute atomic E-state index is 12.9. The Morgan fingerprint density at radius 1 is 1.00 bits per heavy atom. The molecule has 140 valence electrons. The molecular formula is C20H25NO4S. The first kappa shape index (κ1) is 20.1. The van der Waals surface area contributed by atoms with Gasteiger partial charge in [-0.2, -0.15) is 0 Å². The molecule has 1 N–H and O–H groups in total. The first-order valence-electron chi connectivity index (χ1n) is 8.48. The highest BCUT2D eigenvalue weighted by atomic mass is 32.2. The third-order valence-electron chi connectivity index (χ3n) is 4.32. The molecule has 0 radical (unpaired) electrons. The zero-order chi connectivity index (χ0) is 19.3. The number of hydrogen-bond acceptors (Lipinski definition) is 4. The number of benzene rings is 2. The van der Waals surface area contributed by atoms with Gasteiger partial charge in [-0.25, -0.2) is 13.1 Å². The summed E-state index contributed by atoms with van der Waals surface area (Å²) in [7, 11) is -2.49. The Bertz CT molecular complexity index is 830. The van der Waals surface area contributed by atoms with Crippen molar-refractivity contribution in [1.29, 1.82) is 0 Å². The molecule has 2 aromatic rings. The second-order valence-corrected chi connectivity index (χ2v) is 8.33.